The molecular formula is C16H15Cl2NO. The fourth-order valence-corrected chi connectivity index (χ4v) is 2.89. The molecule has 0 unspecified atom stereocenters. The molecule has 104 valence electrons. The summed E-state index contributed by atoms with van der Waals surface area (Å²) < 4.78 is 6.16. The minimum absolute atomic E-state index is 0.289. The van der Waals surface area contributed by atoms with E-state index in [0.717, 1.165) is 29.8 Å². The van der Waals surface area contributed by atoms with Crippen LogP contribution in [0.2, 0.25) is 10.0 Å². The molecule has 3 rings (SSSR count). The lowest BCUT2D eigenvalue weighted by atomic mass is 10.1. The predicted molar refractivity (Wildman–Crippen MR) is 84.0 cm³/mol. The van der Waals surface area contributed by atoms with Gasteiger partial charge >= 0.3 is 0 Å². The first-order valence-electron chi connectivity index (χ1n) is 6.55. The molecule has 0 radical (unpaired) electrons. The van der Waals surface area contributed by atoms with Crippen molar-refractivity contribution < 1.29 is 4.74 Å². The molecule has 1 fully saturated rings. The van der Waals surface area contributed by atoms with Gasteiger partial charge in [-0.2, -0.15) is 0 Å². The van der Waals surface area contributed by atoms with Crippen molar-refractivity contribution in [3.63, 3.8) is 0 Å². The molecule has 1 aliphatic carbocycles. The number of hydrogen-bond acceptors (Lipinski definition) is 2. The molecule has 2 nitrogen and oxygen atoms in total. The normalized spacial score (nSPS) is 15.8. The Morgan fingerprint density at radius 3 is 2.30 bits per heavy atom. The third-order valence-corrected chi connectivity index (χ3v) is 4.13. The maximum atomic E-state index is 6.29. The van der Waals surface area contributed by atoms with Gasteiger partial charge in [0.05, 0.1) is 0 Å². The summed E-state index contributed by atoms with van der Waals surface area (Å²) in [5.41, 5.74) is 1.79. The van der Waals surface area contributed by atoms with E-state index in [4.69, 9.17) is 27.9 Å². The number of anilines is 1. The minimum Gasteiger partial charge on any atom is -0.483 e. The zero-order valence-electron chi connectivity index (χ0n) is 11.1. The van der Waals surface area contributed by atoms with Crippen molar-refractivity contribution >= 4 is 28.9 Å². The molecule has 0 spiro atoms. The second kappa shape index (κ2) is 5.19. The van der Waals surface area contributed by atoms with Crippen LogP contribution in [0.5, 0.6) is 5.75 Å². The summed E-state index contributed by atoms with van der Waals surface area (Å²) in [5, 5.41) is 4.40. The lowest BCUT2D eigenvalue weighted by molar-refractivity contribution is 0.181. The van der Waals surface area contributed by atoms with Crippen LogP contribution >= 0.6 is 23.2 Å². The fraction of sp³-hybridized carbons (Fsp3) is 0.250. The SMILES string of the molecule is CNc1ccc(OC2(c3ccc(Cl)cc3Cl)CC2)cc1. The molecule has 0 amide bonds. The summed E-state index contributed by atoms with van der Waals surface area (Å²) in [5.74, 6) is 0.854. The Hall–Kier alpha value is -1.38. The van der Waals surface area contributed by atoms with Crippen LogP contribution in [0.3, 0.4) is 0 Å². The summed E-state index contributed by atoms with van der Waals surface area (Å²) in [6.07, 6.45) is 1.95. The van der Waals surface area contributed by atoms with Crippen molar-refractivity contribution in [2.75, 3.05) is 12.4 Å². The Balaban J connectivity index is 1.85. The van der Waals surface area contributed by atoms with Crippen LogP contribution in [0.15, 0.2) is 42.5 Å². The minimum atomic E-state index is -0.289. The Kier molecular flexibility index (Phi) is 3.53. The first-order valence-corrected chi connectivity index (χ1v) is 7.31. The lowest BCUT2D eigenvalue weighted by Gasteiger charge is -2.20. The van der Waals surface area contributed by atoms with E-state index in [1.807, 2.05) is 43.4 Å². The predicted octanol–water partition coefficient (Wildman–Crippen LogP) is 5.10. The molecule has 20 heavy (non-hydrogen) atoms. The van der Waals surface area contributed by atoms with Crippen molar-refractivity contribution in [3.05, 3.63) is 58.1 Å². The van der Waals surface area contributed by atoms with Gasteiger partial charge in [-0.1, -0.05) is 29.3 Å². The van der Waals surface area contributed by atoms with Crippen LogP contribution in [0.25, 0.3) is 0 Å². The number of benzene rings is 2. The van der Waals surface area contributed by atoms with Gasteiger partial charge < -0.3 is 10.1 Å². The highest BCUT2D eigenvalue weighted by atomic mass is 35.5. The lowest BCUT2D eigenvalue weighted by Crippen LogP contribution is -2.16. The van der Waals surface area contributed by atoms with Gasteiger partial charge in [-0.25, -0.2) is 0 Å². The largest absolute Gasteiger partial charge is 0.483 e. The molecule has 0 aliphatic heterocycles. The number of nitrogens with one attached hydrogen (secondary N) is 1. The van der Waals surface area contributed by atoms with Crippen LogP contribution in [0.1, 0.15) is 18.4 Å². The van der Waals surface area contributed by atoms with Crippen molar-refractivity contribution in [2.24, 2.45) is 0 Å². The molecular weight excluding hydrogens is 293 g/mol. The van der Waals surface area contributed by atoms with Crippen molar-refractivity contribution in [1.82, 2.24) is 0 Å². The molecule has 0 bridgehead atoms. The zero-order valence-corrected chi connectivity index (χ0v) is 12.6. The van der Waals surface area contributed by atoms with E-state index >= 15 is 0 Å². The molecule has 0 atom stereocenters. The number of rotatable bonds is 4. The maximum Gasteiger partial charge on any atom is 0.136 e. The number of halogens is 2. The van der Waals surface area contributed by atoms with Crippen LogP contribution in [-0.2, 0) is 5.60 Å². The number of hydrogen-bond donors (Lipinski definition) is 1. The molecule has 1 saturated carbocycles. The fourth-order valence-electron chi connectivity index (χ4n) is 2.31. The van der Waals surface area contributed by atoms with Gasteiger partial charge in [0.1, 0.15) is 11.4 Å². The highest BCUT2D eigenvalue weighted by molar-refractivity contribution is 6.35. The molecule has 2 aromatic carbocycles. The Bertz CT molecular complexity index is 621. The van der Waals surface area contributed by atoms with Gasteiger partial charge in [-0.3, -0.25) is 0 Å². The Morgan fingerprint density at radius 1 is 1.05 bits per heavy atom. The van der Waals surface area contributed by atoms with Crippen LogP contribution in [-0.4, -0.2) is 7.05 Å². The first-order chi connectivity index (χ1) is 9.63. The Morgan fingerprint density at radius 2 is 1.75 bits per heavy atom. The third kappa shape index (κ3) is 2.58. The van der Waals surface area contributed by atoms with Gasteiger partial charge in [0.15, 0.2) is 0 Å². The topological polar surface area (TPSA) is 21.3 Å². The van der Waals surface area contributed by atoms with E-state index in [0.29, 0.717) is 10.0 Å². The van der Waals surface area contributed by atoms with Gasteiger partial charge in [0.2, 0.25) is 0 Å². The van der Waals surface area contributed by atoms with Gasteiger partial charge in [-0.15, -0.1) is 0 Å². The average Bonchev–Trinajstić information content (AvgIpc) is 3.20. The first kappa shape index (κ1) is 13.6. The summed E-state index contributed by atoms with van der Waals surface area (Å²) in [6.45, 7) is 0. The van der Waals surface area contributed by atoms with E-state index in [-0.39, 0.29) is 5.60 Å². The molecule has 1 N–H and O–H groups in total. The highest BCUT2D eigenvalue weighted by Crippen LogP contribution is 2.51. The number of ether oxygens (including phenoxy) is 1. The molecule has 1 aliphatic rings. The van der Waals surface area contributed by atoms with E-state index < -0.39 is 0 Å². The van der Waals surface area contributed by atoms with Crippen LogP contribution in [0, 0.1) is 0 Å². The van der Waals surface area contributed by atoms with Crippen molar-refractivity contribution in [3.8, 4) is 5.75 Å². The van der Waals surface area contributed by atoms with E-state index in [9.17, 15) is 0 Å². The second-order valence-corrected chi connectivity index (χ2v) is 5.84. The molecule has 0 aromatic heterocycles. The summed E-state index contributed by atoms with van der Waals surface area (Å²) in [6, 6.07) is 13.5. The van der Waals surface area contributed by atoms with Crippen LogP contribution < -0.4 is 10.1 Å². The van der Waals surface area contributed by atoms with Crippen LogP contribution in [0.4, 0.5) is 5.69 Å². The summed E-state index contributed by atoms with van der Waals surface area (Å²) in [7, 11) is 1.89. The van der Waals surface area contributed by atoms with Gasteiger partial charge in [0, 0.05) is 28.3 Å². The quantitative estimate of drug-likeness (QED) is 0.848. The Labute approximate surface area is 128 Å². The van der Waals surface area contributed by atoms with E-state index in [1.165, 1.54) is 0 Å². The standard InChI is InChI=1S/C16H15Cl2NO/c1-19-12-3-5-13(6-4-12)20-16(8-9-16)14-7-2-11(17)10-15(14)18/h2-7,10,19H,8-9H2,1H3. The molecule has 2 aromatic rings. The van der Waals surface area contributed by atoms with Gasteiger partial charge in [-0.05, 0) is 49.2 Å². The average molecular weight is 308 g/mol. The third-order valence-electron chi connectivity index (χ3n) is 3.58. The molecule has 0 heterocycles. The summed E-state index contributed by atoms with van der Waals surface area (Å²) >= 11 is 12.2. The smallest absolute Gasteiger partial charge is 0.136 e. The molecule has 0 saturated heterocycles. The highest BCUT2D eigenvalue weighted by Gasteiger charge is 2.48. The second-order valence-electron chi connectivity index (χ2n) is 4.99. The van der Waals surface area contributed by atoms with E-state index in [2.05, 4.69) is 5.32 Å². The van der Waals surface area contributed by atoms with E-state index in [1.54, 1.807) is 6.07 Å². The van der Waals surface area contributed by atoms with Gasteiger partial charge in [0.25, 0.3) is 0 Å². The van der Waals surface area contributed by atoms with Crippen molar-refractivity contribution in [1.29, 1.82) is 0 Å². The van der Waals surface area contributed by atoms with Crippen molar-refractivity contribution in [2.45, 2.75) is 18.4 Å². The summed E-state index contributed by atoms with van der Waals surface area (Å²) in [4.78, 5) is 0. The monoisotopic (exact) mass is 307 g/mol. The molecule has 4 heteroatoms. The zero-order chi connectivity index (χ0) is 14.2. The maximum absolute atomic E-state index is 6.29.